The van der Waals surface area contributed by atoms with Gasteiger partial charge in [0.15, 0.2) is 5.16 Å². The SMILES string of the molecule is CSc1nnc(CCCNC(=O)Nc2ccc(C)cc2)n1CC(C)C. The number of anilines is 1. The first-order valence-electron chi connectivity index (χ1n) is 8.57. The first-order valence-corrected chi connectivity index (χ1v) is 9.79. The van der Waals surface area contributed by atoms with Gasteiger partial charge in [0.05, 0.1) is 0 Å². The molecule has 0 unspecified atom stereocenters. The molecule has 1 heterocycles. The van der Waals surface area contributed by atoms with Gasteiger partial charge >= 0.3 is 6.03 Å². The summed E-state index contributed by atoms with van der Waals surface area (Å²) in [5.74, 6) is 1.53. The average molecular weight is 362 g/mol. The molecule has 1 aromatic carbocycles. The van der Waals surface area contributed by atoms with E-state index in [1.165, 1.54) is 5.56 Å². The van der Waals surface area contributed by atoms with Crippen molar-refractivity contribution in [2.75, 3.05) is 18.1 Å². The third-order valence-electron chi connectivity index (χ3n) is 3.70. The largest absolute Gasteiger partial charge is 0.338 e. The first kappa shape index (κ1) is 19.3. The van der Waals surface area contributed by atoms with Crippen LogP contribution in [0.5, 0.6) is 0 Å². The van der Waals surface area contributed by atoms with E-state index in [2.05, 4.69) is 39.2 Å². The predicted molar refractivity (Wildman–Crippen MR) is 103 cm³/mol. The van der Waals surface area contributed by atoms with Crippen molar-refractivity contribution in [3.05, 3.63) is 35.7 Å². The summed E-state index contributed by atoms with van der Waals surface area (Å²) in [6.45, 7) is 7.90. The fourth-order valence-electron chi connectivity index (χ4n) is 2.46. The molecule has 2 N–H and O–H groups in total. The van der Waals surface area contributed by atoms with Crippen molar-refractivity contribution in [1.82, 2.24) is 20.1 Å². The van der Waals surface area contributed by atoms with E-state index < -0.39 is 0 Å². The Hall–Kier alpha value is -2.02. The van der Waals surface area contributed by atoms with Gasteiger partial charge in [0.25, 0.3) is 0 Å². The number of thioether (sulfide) groups is 1. The molecule has 2 rings (SSSR count). The quantitative estimate of drug-likeness (QED) is 0.555. The Morgan fingerprint density at radius 3 is 2.60 bits per heavy atom. The smallest absolute Gasteiger partial charge is 0.319 e. The molecule has 0 aliphatic heterocycles. The van der Waals surface area contributed by atoms with E-state index in [-0.39, 0.29) is 6.03 Å². The Bertz CT molecular complexity index is 681. The summed E-state index contributed by atoms with van der Waals surface area (Å²) < 4.78 is 2.18. The molecule has 0 spiro atoms. The second-order valence-corrected chi connectivity index (χ2v) is 7.23. The number of hydrogen-bond donors (Lipinski definition) is 2. The van der Waals surface area contributed by atoms with E-state index in [1.54, 1.807) is 11.8 Å². The van der Waals surface area contributed by atoms with Crippen molar-refractivity contribution in [2.45, 2.75) is 45.3 Å². The van der Waals surface area contributed by atoms with Gasteiger partial charge in [-0.25, -0.2) is 4.79 Å². The molecule has 0 aliphatic rings. The minimum absolute atomic E-state index is 0.183. The lowest BCUT2D eigenvalue weighted by Crippen LogP contribution is -2.29. The van der Waals surface area contributed by atoms with Gasteiger partial charge in [-0.15, -0.1) is 10.2 Å². The molecular formula is C18H27N5OS. The van der Waals surface area contributed by atoms with E-state index >= 15 is 0 Å². The molecule has 0 bridgehead atoms. The number of amides is 2. The molecule has 0 atom stereocenters. The van der Waals surface area contributed by atoms with Gasteiger partial charge in [-0.3, -0.25) is 0 Å². The van der Waals surface area contributed by atoms with Crippen LogP contribution >= 0.6 is 11.8 Å². The number of nitrogens with one attached hydrogen (secondary N) is 2. The average Bonchev–Trinajstić information content (AvgIpc) is 2.95. The second kappa shape index (κ2) is 9.46. The lowest BCUT2D eigenvalue weighted by atomic mass is 10.2. The number of hydrogen-bond acceptors (Lipinski definition) is 4. The summed E-state index contributed by atoms with van der Waals surface area (Å²) in [5, 5.41) is 15.2. The number of rotatable bonds is 8. The zero-order valence-electron chi connectivity index (χ0n) is 15.4. The summed E-state index contributed by atoms with van der Waals surface area (Å²) in [5.41, 5.74) is 1.96. The van der Waals surface area contributed by atoms with Crippen LogP contribution in [-0.4, -0.2) is 33.6 Å². The molecule has 0 fully saturated rings. The predicted octanol–water partition coefficient (Wildman–Crippen LogP) is 3.72. The minimum atomic E-state index is -0.183. The van der Waals surface area contributed by atoms with Gasteiger partial charge in [0.2, 0.25) is 0 Å². The maximum absolute atomic E-state index is 11.9. The number of nitrogens with zero attached hydrogens (tertiary/aromatic N) is 3. The Labute approximate surface area is 153 Å². The number of aromatic nitrogens is 3. The van der Waals surface area contributed by atoms with Crippen LogP contribution in [-0.2, 0) is 13.0 Å². The molecular weight excluding hydrogens is 334 g/mol. The standard InChI is InChI=1S/C18H27N5OS/c1-13(2)12-23-16(21-22-18(23)25-4)6-5-11-19-17(24)20-15-9-7-14(3)8-10-15/h7-10,13H,5-6,11-12H2,1-4H3,(H2,19,20,24). The van der Waals surface area contributed by atoms with Crippen LogP contribution in [0.15, 0.2) is 29.4 Å². The fourth-order valence-corrected chi connectivity index (χ4v) is 2.99. The third kappa shape index (κ3) is 6.08. The highest BCUT2D eigenvalue weighted by Crippen LogP contribution is 2.16. The van der Waals surface area contributed by atoms with Crippen LogP contribution in [0.25, 0.3) is 0 Å². The Morgan fingerprint density at radius 2 is 1.96 bits per heavy atom. The number of carbonyl (C=O) groups excluding carboxylic acids is 1. The van der Waals surface area contributed by atoms with Gasteiger partial charge in [0, 0.05) is 25.2 Å². The Morgan fingerprint density at radius 1 is 1.24 bits per heavy atom. The highest BCUT2D eigenvalue weighted by molar-refractivity contribution is 7.98. The molecule has 0 saturated carbocycles. The van der Waals surface area contributed by atoms with Crippen molar-refractivity contribution >= 4 is 23.5 Å². The molecule has 7 heteroatoms. The van der Waals surface area contributed by atoms with Gasteiger partial charge in [-0.2, -0.15) is 0 Å². The minimum Gasteiger partial charge on any atom is -0.338 e. The maximum Gasteiger partial charge on any atom is 0.319 e. The zero-order valence-corrected chi connectivity index (χ0v) is 16.2. The molecule has 136 valence electrons. The topological polar surface area (TPSA) is 71.8 Å². The molecule has 6 nitrogen and oxygen atoms in total. The van der Waals surface area contributed by atoms with E-state index in [9.17, 15) is 4.79 Å². The summed E-state index contributed by atoms with van der Waals surface area (Å²) >= 11 is 1.61. The van der Waals surface area contributed by atoms with E-state index in [1.807, 2.05) is 37.4 Å². The van der Waals surface area contributed by atoms with Gasteiger partial charge in [-0.05, 0) is 37.7 Å². The fraction of sp³-hybridized carbons (Fsp3) is 0.500. The zero-order chi connectivity index (χ0) is 18.2. The van der Waals surface area contributed by atoms with Crippen molar-refractivity contribution in [3.8, 4) is 0 Å². The molecule has 25 heavy (non-hydrogen) atoms. The van der Waals surface area contributed by atoms with E-state index in [4.69, 9.17) is 0 Å². The maximum atomic E-state index is 11.9. The van der Waals surface area contributed by atoms with Crippen molar-refractivity contribution in [2.24, 2.45) is 5.92 Å². The Kier molecular flexibility index (Phi) is 7.31. The number of benzene rings is 1. The van der Waals surface area contributed by atoms with Gasteiger partial charge in [-0.1, -0.05) is 43.3 Å². The lowest BCUT2D eigenvalue weighted by molar-refractivity contribution is 0.252. The number of aryl methyl sites for hydroxylation is 2. The van der Waals surface area contributed by atoms with Crippen LogP contribution in [0.2, 0.25) is 0 Å². The highest BCUT2D eigenvalue weighted by Gasteiger charge is 2.12. The van der Waals surface area contributed by atoms with Gasteiger partial charge in [0.1, 0.15) is 5.82 Å². The normalized spacial score (nSPS) is 10.9. The molecule has 0 aliphatic carbocycles. The summed E-state index contributed by atoms with van der Waals surface area (Å²) in [6, 6.07) is 7.55. The van der Waals surface area contributed by atoms with Crippen molar-refractivity contribution in [1.29, 1.82) is 0 Å². The van der Waals surface area contributed by atoms with Crippen LogP contribution in [0.1, 0.15) is 31.7 Å². The van der Waals surface area contributed by atoms with E-state index in [0.717, 1.165) is 36.1 Å². The van der Waals surface area contributed by atoms with Gasteiger partial charge < -0.3 is 15.2 Å². The van der Waals surface area contributed by atoms with E-state index in [0.29, 0.717) is 12.5 Å². The molecule has 0 radical (unpaired) electrons. The van der Waals surface area contributed by atoms with Crippen LogP contribution in [0.3, 0.4) is 0 Å². The van der Waals surface area contributed by atoms with Crippen molar-refractivity contribution < 1.29 is 4.79 Å². The van der Waals surface area contributed by atoms with Crippen LogP contribution < -0.4 is 10.6 Å². The van der Waals surface area contributed by atoms with Crippen LogP contribution in [0.4, 0.5) is 10.5 Å². The number of urea groups is 1. The number of carbonyl (C=O) groups is 1. The second-order valence-electron chi connectivity index (χ2n) is 6.46. The Balaban J connectivity index is 1.78. The molecule has 2 amide bonds. The lowest BCUT2D eigenvalue weighted by Gasteiger charge is -2.12. The summed E-state index contributed by atoms with van der Waals surface area (Å²) in [6.07, 6.45) is 3.64. The summed E-state index contributed by atoms with van der Waals surface area (Å²) in [7, 11) is 0. The van der Waals surface area contributed by atoms with Crippen molar-refractivity contribution in [3.63, 3.8) is 0 Å². The third-order valence-corrected chi connectivity index (χ3v) is 4.36. The van der Waals surface area contributed by atoms with Crippen LogP contribution in [0, 0.1) is 12.8 Å². The highest BCUT2D eigenvalue weighted by atomic mass is 32.2. The monoisotopic (exact) mass is 361 g/mol. The first-order chi connectivity index (χ1) is 12.0. The molecule has 1 aromatic heterocycles. The molecule has 0 saturated heterocycles. The molecule has 2 aromatic rings. The summed E-state index contributed by atoms with van der Waals surface area (Å²) in [4.78, 5) is 11.9.